The lowest BCUT2D eigenvalue weighted by Gasteiger charge is -2.36. The SMILES string of the molecule is COc1cccc(C(=O)Nc2cc(N3CCCCC3C)c(N)cc2Cl)c1. The van der Waals surface area contributed by atoms with Gasteiger partial charge in [0.25, 0.3) is 5.91 Å². The van der Waals surface area contributed by atoms with Gasteiger partial charge in [-0.05, 0) is 56.5 Å². The summed E-state index contributed by atoms with van der Waals surface area (Å²) in [7, 11) is 1.57. The van der Waals surface area contributed by atoms with E-state index < -0.39 is 0 Å². The minimum absolute atomic E-state index is 0.242. The van der Waals surface area contributed by atoms with Crippen molar-refractivity contribution >= 4 is 34.6 Å². The van der Waals surface area contributed by atoms with E-state index in [-0.39, 0.29) is 5.91 Å². The predicted octanol–water partition coefficient (Wildman–Crippen LogP) is 4.56. The fourth-order valence-electron chi connectivity index (χ4n) is 3.34. The Labute approximate surface area is 159 Å². The second-order valence-electron chi connectivity index (χ2n) is 6.62. The number of carbonyl (C=O) groups is 1. The molecule has 2 aromatic rings. The molecule has 1 saturated heterocycles. The minimum atomic E-state index is -0.242. The van der Waals surface area contributed by atoms with Gasteiger partial charge >= 0.3 is 0 Å². The number of nitrogens with one attached hydrogen (secondary N) is 1. The molecule has 138 valence electrons. The molecule has 1 atom stereocenters. The molecule has 2 aromatic carbocycles. The molecule has 26 heavy (non-hydrogen) atoms. The summed E-state index contributed by atoms with van der Waals surface area (Å²) in [5.41, 5.74) is 8.82. The van der Waals surface area contributed by atoms with Gasteiger partial charge in [-0.3, -0.25) is 4.79 Å². The summed E-state index contributed by atoms with van der Waals surface area (Å²) in [6, 6.07) is 11.0. The van der Waals surface area contributed by atoms with Crippen LogP contribution in [0, 0.1) is 0 Å². The first-order chi connectivity index (χ1) is 12.5. The van der Waals surface area contributed by atoms with E-state index in [4.69, 9.17) is 22.1 Å². The topological polar surface area (TPSA) is 67.6 Å². The molecular formula is C20H24ClN3O2. The smallest absolute Gasteiger partial charge is 0.255 e. The number of hydrogen-bond donors (Lipinski definition) is 2. The van der Waals surface area contributed by atoms with Gasteiger partial charge < -0.3 is 20.7 Å². The molecule has 1 heterocycles. The van der Waals surface area contributed by atoms with Crippen molar-refractivity contribution < 1.29 is 9.53 Å². The number of nitrogen functional groups attached to an aromatic ring is 1. The van der Waals surface area contributed by atoms with Gasteiger partial charge in [-0.1, -0.05) is 17.7 Å². The lowest BCUT2D eigenvalue weighted by atomic mass is 10.0. The van der Waals surface area contributed by atoms with Gasteiger partial charge in [0.1, 0.15) is 5.75 Å². The van der Waals surface area contributed by atoms with Crippen LogP contribution in [0.5, 0.6) is 5.75 Å². The largest absolute Gasteiger partial charge is 0.497 e. The molecule has 0 aliphatic carbocycles. The summed E-state index contributed by atoms with van der Waals surface area (Å²) in [6.07, 6.45) is 3.50. The van der Waals surface area contributed by atoms with Crippen molar-refractivity contribution in [1.82, 2.24) is 0 Å². The van der Waals surface area contributed by atoms with Crippen molar-refractivity contribution in [2.24, 2.45) is 0 Å². The van der Waals surface area contributed by atoms with Crippen LogP contribution < -0.4 is 20.7 Å². The highest BCUT2D eigenvalue weighted by atomic mass is 35.5. The number of nitrogens with two attached hydrogens (primary N) is 1. The molecule has 1 fully saturated rings. The van der Waals surface area contributed by atoms with Gasteiger partial charge in [-0.2, -0.15) is 0 Å². The molecule has 1 unspecified atom stereocenters. The molecule has 3 N–H and O–H groups in total. The van der Waals surface area contributed by atoms with Crippen LogP contribution >= 0.6 is 11.6 Å². The van der Waals surface area contributed by atoms with E-state index in [1.54, 1.807) is 37.4 Å². The third-order valence-corrected chi connectivity index (χ3v) is 5.12. The van der Waals surface area contributed by atoms with E-state index in [1.165, 1.54) is 6.42 Å². The lowest BCUT2D eigenvalue weighted by Crippen LogP contribution is -2.37. The van der Waals surface area contributed by atoms with Crippen molar-refractivity contribution in [3.63, 3.8) is 0 Å². The number of amides is 1. The normalized spacial score (nSPS) is 17.0. The molecule has 0 spiro atoms. The fraction of sp³-hybridized carbons (Fsp3) is 0.350. The van der Waals surface area contributed by atoms with Crippen molar-refractivity contribution in [1.29, 1.82) is 0 Å². The molecule has 0 saturated carbocycles. The summed E-state index contributed by atoms with van der Waals surface area (Å²) >= 11 is 6.33. The standard InChI is InChI=1S/C20H24ClN3O2/c1-13-6-3-4-9-24(13)19-12-18(16(21)11-17(19)22)23-20(25)14-7-5-8-15(10-14)26-2/h5,7-8,10-13H,3-4,6,9,22H2,1-2H3,(H,23,25). The van der Waals surface area contributed by atoms with Crippen LogP contribution in [0.3, 0.4) is 0 Å². The predicted molar refractivity (Wildman–Crippen MR) is 107 cm³/mol. The second kappa shape index (κ2) is 7.87. The number of halogens is 1. The number of methoxy groups -OCH3 is 1. The average molecular weight is 374 g/mol. The zero-order valence-corrected chi connectivity index (χ0v) is 15.8. The number of anilines is 3. The van der Waals surface area contributed by atoms with E-state index in [9.17, 15) is 4.79 Å². The molecule has 1 aliphatic heterocycles. The summed E-state index contributed by atoms with van der Waals surface area (Å²) in [5, 5.41) is 3.31. The molecular weight excluding hydrogens is 350 g/mol. The monoisotopic (exact) mass is 373 g/mol. The number of benzene rings is 2. The first kappa shape index (κ1) is 18.4. The maximum atomic E-state index is 12.6. The Morgan fingerprint density at radius 3 is 2.85 bits per heavy atom. The highest BCUT2D eigenvalue weighted by Gasteiger charge is 2.22. The highest BCUT2D eigenvalue weighted by Crippen LogP contribution is 2.36. The number of ether oxygens (including phenoxy) is 1. The summed E-state index contributed by atoms with van der Waals surface area (Å²) < 4.78 is 5.18. The number of piperidine rings is 1. The number of hydrogen-bond acceptors (Lipinski definition) is 4. The van der Waals surface area contributed by atoms with Gasteiger partial charge in [0, 0.05) is 18.2 Å². The Hall–Kier alpha value is -2.40. The fourth-order valence-corrected chi connectivity index (χ4v) is 3.56. The van der Waals surface area contributed by atoms with E-state index >= 15 is 0 Å². The maximum absolute atomic E-state index is 12.6. The quantitative estimate of drug-likeness (QED) is 0.771. The molecule has 1 aliphatic rings. The van der Waals surface area contributed by atoms with E-state index in [0.717, 1.165) is 25.1 Å². The average Bonchev–Trinajstić information content (AvgIpc) is 2.64. The number of rotatable bonds is 4. The van der Waals surface area contributed by atoms with Gasteiger partial charge in [-0.15, -0.1) is 0 Å². The molecule has 6 heteroatoms. The summed E-state index contributed by atoms with van der Waals surface area (Å²) in [6.45, 7) is 3.15. The molecule has 0 radical (unpaired) electrons. The van der Waals surface area contributed by atoms with E-state index in [2.05, 4.69) is 17.1 Å². The summed E-state index contributed by atoms with van der Waals surface area (Å²) in [5.74, 6) is 0.386. The van der Waals surface area contributed by atoms with Crippen LogP contribution in [0.2, 0.25) is 5.02 Å². The molecule has 0 aromatic heterocycles. The van der Waals surface area contributed by atoms with Crippen LogP contribution in [0.25, 0.3) is 0 Å². The number of carbonyl (C=O) groups excluding carboxylic acids is 1. The highest BCUT2D eigenvalue weighted by molar-refractivity contribution is 6.34. The molecule has 0 bridgehead atoms. The van der Waals surface area contributed by atoms with Crippen molar-refractivity contribution in [3.8, 4) is 5.75 Å². The van der Waals surface area contributed by atoms with Gasteiger partial charge in [-0.25, -0.2) is 0 Å². The zero-order chi connectivity index (χ0) is 18.7. The van der Waals surface area contributed by atoms with E-state index in [0.29, 0.717) is 33.8 Å². The Morgan fingerprint density at radius 1 is 1.31 bits per heavy atom. The van der Waals surface area contributed by atoms with Crippen LogP contribution in [0.1, 0.15) is 36.5 Å². The number of nitrogens with zero attached hydrogens (tertiary/aromatic N) is 1. The minimum Gasteiger partial charge on any atom is -0.497 e. The Bertz CT molecular complexity index is 810. The first-order valence-electron chi connectivity index (χ1n) is 8.80. The maximum Gasteiger partial charge on any atom is 0.255 e. The second-order valence-corrected chi connectivity index (χ2v) is 7.02. The lowest BCUT2D eigenvalue weighted by molar-refractivity contribution is 0.102. The van der Waals surface area contributed by atoms with E-state index in [1.807, 2.05) is 6.07 Å². The molecule has 3 rings (SSSR count). The van der Waals surface area contributed by atoms with Gasteiger partial charge in [0.2, 0.25) is 0 Å². The molecule has 5 nitrogen and oxygen atoms in total. The Kier molecular flexibility index (Phi) is 5.57. The van der Waals surface area contributed by atoms with Crippen molar-refractivity contribution in [2.75, 3.05) is 29.6 Å². The first-order valence-corrected chi connectivity index (χ1v) is 9.18. The van der Waals surface area contributed by atoms with Crippen molar-refractivity contribution in [2.45, 2.75) is 32.2 Å². The Balaban J connectivity index is 1.87. The van der Waals surface area contributed by atoms with Crippen LogP contribution in [0.15, 0.2) is 36.4 Å². The third kappa shape index (κ3) is 3.88. The molecule has 1 amide bonds. The third-order valence-electron chi connectivity index (χ3n) is 4.81. The Morgan fingerprint density at radius 2 is 2.12 bits per heavy atom. The van der Waals surface area contributed by atoms with Crippen LogP contribution in [0.4, 0.5) is 17.1 Å². The van der Waals surface area contributed by atoms with Crippen LogP contribution in [-0.2, 0) is 0 Å². The van der Waals surface area contributed by atoms with Crippen molar-refractivity contribution in [3.05, 3.63) is 47.0 Å². The zero-order valence-electron chi connectivity index (χ0n) is 15.1. The summed E-state index contributed by atoms with van der Waals surface area (Å²) in [4.78, 5) is 14.9. The van der Waals surface area contributed by atoms with Crippen LogP contribution in [-0.4, -0.2) is 25.6 Å². The van der Waals surface area contributed by atoms with Gasteiger partial charge in [0.05, 0.1) is 29.2 Å². The van der Waals surface area contributed by atoms with Gasteiger partial charge in [0.15, 0.2) is 0 Å².